The van der Waals surface area contributed by atoms with Gasteiger partial charge in [-0.15, -0.1) is 6.42 Å². The van der Waals surface area contributed by atoms with E-state index in [-0.39, 0.29) is 6.10 Å². The molecule has 0 saturated carbocycles. The van der Waals surface area contributed by atoms with Crippen molar-refractivity contribution >= 4 is 5.97 Å². The van der Waals surface area contributed by atoms with Crippen LogP contribution in [-0.2, 0) is 27.4 Å². The molecule has 0 radical (unpaired) electrons. The number of nitrogens with one attached hydrogen (secondary N) is 2. The second kappa shape index (κ2) is 13.3. The third kappa shape index (κ3) is 8.22. The molecule has 1 aromatic carbocycles. The molecule has 1 rings (SSSR count). The van der Waals surface area contributed by atoms with Crippen LogP contribution in [0.2, 0.25) is 0 Å². The van der Waals surface area contributed by atoms with Crippen molar-refractivity contribution in [3.8, 4) is 18.1 Å². The molecule has 0 aliphatic heterocycles. The first kappa shape index (κ1) is 25.1. The van der Waals surface area contributed by atoms with Gasteiger partial charge in [-0.3, -0.25) is 4.79 Å². The molecule has 0 aliphatic carbocycles. The van der Waals surface area contributed by atoms with E-state index < -0.39 is 11.9 Å². The van der Waals surface area contributed by atoms with Crippen LogP contribution in [0.15, 0.2) is 41.7 Å². The SMILES string of the molecule is C#CC(CC=C/C(C)=C(\NC)NCc1cc(COC)ccc1OC(C)C)C(=O)OC. The first-order chi connectivity index (χ1) is 14.4. The average Bonchev–Trinajstić information content (AvgIpc) is 2.72. The monoisotopic (exact) mass is 414 g/mol. The summed E-state index contributed by atoms with van der Waals surface area (Å²) >= 11 is 0. The quantitative estimate of drug-likeness (QED) is 0.310. The van der Waals surface area contributed by atoms with Crippen LogP contribution in [-0.4, -0.2) is 33.3 Å². The van der Waals surface area contributed by atoms with Crippen molar-refractivity contribution in [2.45, 2.75) is 46.4 Å². The molecule has 0 fully saturated rings. The molecule has 0 aliphatic rings. The Morgan fingerprint density at radius 2 is 2.03 bits per heavy atom. The smallest absolute Gasteiger partial charge is 0.321 e. The molecule has 1 unspecified atom stereocenters. The molecule has 1 aromatic rings. The van der Waals surface area contributed by atoms with Gasteiger partial charge in [0, 0.05) is 26.3 Å². The Kier molecular flexibility index (Phi) is 11.2. The number of hydrogen-bond donors (Lipinski definition) is 2. The standard InChI is InChI=1S/C24H34N2O4/c1-8-20(24(27)29-7)11-9-10-18(4)23(25-5)26-15-21-14-19(16-28-6)12-13-22(21)30-17(2)3/h1,9-10,12-14,17,20,25-26H,11,15-16H2,2-7H3/b10-9?,23-18+. The summed E-state index contributed by atoms with van der Waals surface area (Å²) < 4.78 is 15.9. The van der Waals surface area contributed by atoms with Crippen LogP contribution in [0.25, 0.3) is 0 Å². The Balaban J connectivity index is 2.93. The molecular formula is C24H34N2O4. The number of allylic oxidation sites excluding steroid dienone is 3. The van der Waals surface area contributed by atoms with Gasteiger partial charge >= 0.3 is 5.97 Å². The molecule has 6 nitrogen and oxygen atoms in total. The summed E-state index contributed by atoms with van der Waals surface area (Å²) in [6, 6.07) is 6.07. The largest absolute Gasteiger partial charge is 0.491 e. The number of rotatable bonds is 12. The van der Waals surface area contributed by atoms with E-state index in [0.29, 0.717) is 19.6 Å². The maximum Gasteiger partial charge on any atom is 0.321 e. The van der Waals surface area contributed by atoms with Crippen LogP contribution in [0.5, 0.6) is 5.75 Å². The van der Waals surface area contributed by atoms with E-state index in [4.69, 9.17) is 20.6 Å². The van der Waals surface area contributed by atoms with Crippen LogP contribution in [0.4, 0.5) is 0 Å². The van der Waals surface area contributed by atoms with E-state index in [2.05, 4.69) is 22.6 Å². The molecule has 0 amide bonds. The maximum atomic E-state index is 11.6. The summed E-state index contributed by atoms with van der Waals surface area (Å²) in [6.07, 6.45) is 9.71. The van der Waals surface area contributed by atoms with Gasteiger partial charge in [-0.1, -0.05) is 24.1 Å². The second-order valence-corrected chi connectivity index (χ2v) is 7.08. The number of esters is 1. The van der Waals surface area contributed by atoms with Crippen LogP contribution in [0, 0.1) is 18.3 Å². The van der Waals surface area contributed by atoms with Gasteiger partial charge in [0.2, 0.25) is 0 Å². The maximum absolute atomic E-state index is 11.6. The highest BCUT2D eigenvalue weighted by molar-refractivity contribution is 5.75. The molecule has 0 spiro atoms. The summed E-state index contributed by atoms with van der Waals surface area (Å²) in [4.78, 5) is 11.6. The average molecular weight is 415 g/mol. The van der Waals surface area contributed by atoms with Crippen molar-refractivity contribution < 1.29 is 19.0 Å². The number of ether oxygens (including phenoxy) is 3. The summed E-state index contributed by atoms with van der Waals surface area (Å²) in [5, 5.41) is 6.60. The summed E-state index contributed by atoms with van der Waals surface area (Å²) in [6.45, 7) is 7.11. The molecule has 30 heavy (non-hydrogen) atoms. The summed E-state index contributed by atoms with van der Waals surface area (Å²) in [7, 11) is 4.87. The normalized spacial score (nSPS) is 12.9. The van der Waals surface area contributed by atoms with Gasteiger partial charge in [0.1, 0.15) is 17.5 Å². The zero-order valence-corrected chi connectivity index (χ0v) is 18.9. The van der Waals surface area contributed by atoms with E-state index in [0.717, 1.165) is 28.3 Å². The minimum Gasteiger partial charge on any atom is -0.491 e. The highest BCUT2D eigenvalue weighted by Gasteiger charge is 2.14. The number of terminal acetylenes is 1. The second-order valence-electron chi connectivity index (χ2n) is 7.08. The number of carbonyl (C=O) groups is 1. The Hall–Kier alpha value is -2.91. The molecule has 1 atom stereocenters. The number of carbonyl (C=O) groups excluding carboxylic acids is 1. The van der Waals surface area contributed by atoms with Crippen molar-refractivity contribution in [2.24, 2.45) is 5.92 Å². The number of hydrogen-bond acceptors (Lipinski definition) is 6. The first-order valence-electron chi connectivity index (χ1n) is 9.96. The zero-order valence-electron chi connectivity index (χ0n) is 18.9. The third-order valence-corrected chi connectivity index (χ3v) is 4.33. The van der Waals surface area contributed by atoms with E-state index in [1.54, 1.807) is 7.11 Å². The lowest BCUT2D eigenvalue weighted by molar-refractivity contribution is -0.143. The van der Waals surface area contributed by atoms with E-state index in [9.17, 15) is 4.79 Å². The fourth-order valence-corrected chi connectivity index (χ4v) is 2.84. The Morgan fingerprint density at radius 1 is 1.30 bits per heavy atom. The predicted octanol–water partition coefficient (Wildman–Crippen LogP) is 3.53. The Bertz CT molecular complexity index is 791. The van der Waals surface area contributed by atoms with Crippen LogP contribution >= 0.6 is 0 Å². The lowest BCUT2D eigenvalue weighted by Gasteiger charge is -2.18. The molecule has 2 N–H and O–H groups in total. The molecule has 0 heterocycles. The van der Waals surface area contributed by atoms with E-state index >= 15 is 0 Å². The number of methoxy groups -OCH3 is 2. The van der Waals surface area contributed by atoms with Gasteiger partial charge in [0.15, 0.2) is 0 Å². The van der Waals surface area contributed by atoms with Gasteiger partial charge < -0.3 is 24.8 Å². The van der Waals surface area contributed by atoms with Gasteiger partial charge in [0.05, 0.1) is 19.8 Å². The van der Waals surface area contributed by atoms with Gasteiger partial charge in [-0.2, -0.15) is 0 Å². The topological polar surface area (TPSA) is 68.8 Å². The van der Waals surface area contributed by atoms with Crippen LogP contribution in [0.1, 0.15) is 38.3 Å². The van der Waals surface area contributed by atoms with Gasteiger partial charge in [0.25, 0.3) is 0 Å². The van der Waals surface area contributed by atoms with Crippen LogP contribution in [0.3, 0.4) is 0 Å². The fraction of sp³-hybridized carbons (Fsp3) is 0.458. The Labute approximate surface area is 180 Å². The van der Waals surface area contributed by atoms with Crippen LogP contribution < -0.4 is 15.4 Å². The Morgan fingerprint density at radius 3 is 2.60 bits per heavy atom. The fourth-order valence-electron chi connectivity index (χ4n) is 2.84. The molecule has 0 saturated heterocycles. The third-order valence-electron chi connectivity index (χ3n) is 4.33. The minimum absolute atomic E-state index is 0.0833. The van der Waals surface area contributed by atoms with Crippen molar-refractivity contribution in [1.82, 2.24) is 10.6 Å². The first-order valence-corrected chi connectivity index (χ1v) is 9.96. The van der Waals surface area contributed by atoms with Gasteiger partial charge in [-0.25, -0.2) is 0 Å². The molecule has 6 heteroatoms. The van der Waals surface area contributed by atoms with Gasteiger partial charge in [-0.05, 0) is 50.5 Å². The van der Waals surface area contributed by atoms with E-state index in [1.165, 1.54) is 7.11 Å². The lowest BCUT2D eigenvalue weighted by Crippen LogP contribution is -2.25. The van der Waals surface area contributed by atoms with Crippen molar-refractivity contribution in [3.63, 3.8) is 0 Å². The van der Waals surface area contributed by atoms with Crippen molar-refractivity contribution in [2.75, 3.05) is 21.3 Å². The lowest BCUT2D eigenvalue weighted by atomic mass is 10.1. The highest BCUT2D eigenvalue weighted by Crippen LogP contribution is 2.22. The summed E-state index contributed by atoms with van der Waals surface area (Å²) in [5.74, 6) is 3.19. The molecule has 0 aromatic heterocycles. The molecular weight excluding hydrogens is 380 g/mol. The number of benzene rings is 1. The van der Waals surface area contributed by atoms with E-state index in [1.807, 2.05) is 52.1 Å². The summed E-state index contributed by atoms with van der Waals surface area (Å²) in [5.41, 5.74) is 3.11. The molecule has 0 bridgehead atoms. The molecule has 164 valence electrons. The highest BCUT2D eigenvalue weighted by atomic mass is 16.5. The van der Waals surface area contributed by atoms with Crippen molar-refractivity contribution in [1.29, 1.82) is 0 Å². The predicted molar refractivity (Wildman–Crippen MR) is 120 cm³/mol. The van der Waals surface area contributed by atoms with Crippen molar-refractivity contribution in [3.05, 3.63) is 52.9 Å². The minimum atomic E-state index is -0.579. The zero-order chi connectivity index (χ0) is 22.5.